The first-order chi connectivity index (χ1) is 9.15. The molecule has 19 heavy (non-hydrogen) atoms. The van der Waals surface area contributed by atoms with Crippen molar-refractivity contribution in [2.24, 2.45) is 0 Å². The maximum atomic E-state index is 14.0. The number of hydrogen-bond donors (Lipinski definition) is 0. The Labute approximate surface area is 116 Å². The fourth-order valence-electron chi connectivity index (χ4n) is 2.14. The van der Waals surface area contributed by atoms with E-state index in [1.54, 1.807) is 13.2 Å². The van der Waals surface area contributed by atoms with Gasteiger partial charge < -0.3 is 4.74 Å². The first-order valence-electron chi connectivity index (χ1n) is 6.23. The van der Waals surface area contributed by atoms with Gasteiger partial charge in [0.05, 0.1) is 6.61 Å². The molecule has 0 saturated carbocycles. The van der Waals surface area contributed by atoms with E-state index < -0.39 is 0 Å². The van der Waals surface area contributed by atoms with Crippen LogP contribution >= 0.6 is 9.24 Å². The van der Waals surface area contributed by atoms with E-state index >= 15 is 0 Å². The van der Waals surface area contributed by atoms with Crippen molar-refractivity contribution in [2.75, 3.05) is 7.11 Å². The van der Waals surface area contributed by atoms with E-state index in [0.717, 1.165) is 22.9 Å². The third-order valence-corrected chi connectivity index (χ3v) is 3.60. The molecule has 0 fully saturated rings. The summed E-state index contributed by atoms with van der Waals surface area (Å²) in [5.41, 5.74) is 4.78. The zero-order valence-corrected chi connectivity index (χ0v) is 12.4. The molecule has 2 aromatic carbocycles. The summed E-state index contributed by atoms with van der Waals surface area (Å²) in [5.74, 6) is -0.179. The van der Waals surface area contributed by atoms with Crippen molar-refractivity contribution in [3.63, 3.8) is 0 Å². The number of aryl methyl sites for hydroxylation is 1. The van der Waals surface area contributed by atoms with Crippen LogP contribution in [-0.4, -0.2) is 7.11 Å². The Kier molecular flexibility index (Phi) is 4.68. The van der Waals surface area contributed by atoms with Crippen molar-refractivity contribution >= 4 is 9.24 Å². The zero-order chi connectivity index (χ0) is 13.8. The molecule has 0 aliphatic carbocycles. The Balaban J connectivity index is 2.47. The smallest absolute Gasteiger partial charge is 0.131 e. The Bertz CT molecular complexity index is 581. The first-order valence-corrected chi connectivity index (χ1v) is 7.04. The minimum atomic E-state index is -0.179. The lowest BCUT2D eigenvalue weighted by molar-refractivity contribution is 0.184. The molecule has 0 aliphatic rings. The third-order valence-electron chi connectivity index (χ3n) is 3.16. The molecular formula is C16H18FOP. The van der Waals surface area contributed by atoms with Gasteiger partial charge in [-0.15, -0.1) is 9.24 Å². The summed E-state index contributed by atoms with van der Waals surface area (Å²) in [7, 11) is 4.38. The monoisotopic (exact) mass is 276 g/mol. The Hall–Kier alpha value is -1.24. The van der Waals surface area contributed by atoms with E-state index in [1.807, 2.05) is 37.3 Å². The molecule has 0 amide bonds. The minimum Gasteiger partial charge on any atom is -0.380 e. The van der Waals surface area contributed by atoms with Crippen molar-refractivity contribution in [3.8, 4) is 11.1 Å². The molecule has 0 heterocycles. The maximum absolute atomic E-state index is 14.0. The molecule has 0 N–H and O–H groups in total. The van der Waals surface area contributed by atoms with Gasteiger partial charge in [0.2, 0.25) is 0 Å². The van der Waals surface area contributed by atoms with Gasteiger partial charge in [-0.25, -0.2) is 4.39 Å². The molecule has 0 saturated heterocycles. The highest BCUT2D eigenvalue weighted by Gasteiger charge is 2.08. The van der Waals surface area contributed by atoms with E-state index in [9.17, 15) is 4.39 Å². The largest absolute Gasteiger partial charge is 0.380 e. The van der Waals surface area contributed by atoms with Crippen LogP contribution in [0.4, 0.5) is 4.39 Å². The standard InChI is InChI=1S/C16H18FOP/c1-11-3-6-15(16(17)7-11)12-4-5-13(10-19)14(8-12)9-18-2/h3-8H,9-10,19H2,1-2H3. The second-order valence-corrected chi connectivity index (χ2v) is 5.01. The van der Waals surface area contributed by atoms with Crippen LogP contribution in [0.15, 0.2) is 36.4 Å². The molecule has 0 aromatic heterocycles. The summed E-state index contributed by atoms with van der Waals surface area (Å²) in [6.07, 6.45) is 0.870. The molecule has 1 nitrogen and oxygen atoms in total. The van der Waals surface area contributed by atoms with Gasteiger partial charge in [0, 0.05) is 12.7 Å². The van der Waals surface area contributed by atoms with Gasteiger partial charge in [-0.1, -0.05) is 24.3 Å². The number of hydrogen-bond acceptors (Lipinski definition) is 1. The summed E-state index contributed by atoms with van der Waals surface area (Å²) in [6.45, 7) is 2.44. The molecule has 0 radical (unpaired) electrons. The molecule has 100 valence electrons. The third kappa shape index (κ3) is 3.20. The second-order valence-electron chi connectivity index (χ2n) is 4.60. The van der Waals surface area contributed by atoms with Gasteiger partial charge in [0.15, 0.2) is 0 Å². The lowest BCUT2D eigenvalue weighted by Gasteiger charge is -2.11. The number of halogens is 1. The Morgan fingerprint density at radius 1 is 1.11 bits per heavy atom. The van der Waals surface area contributed by atoms with Gasteiger partial charge in [-0.2, -0.15) is 0 Å². The molecule has 1 atom stereocenters. The number of rotatable bonds is 4. The predicted octanol–water partition coefficient (Wildman–Crippen LogP) is 4.32. The average molecular weight is 276 g/mol. The van der Waals surface area contributed by atoms with Crippen LogP contribution in [0.1, 0.15) is 16.7 Å². The van der Waals surface area contributed by atoms with Crippen molar-refractivity contribution in [1.29, 1.82) is 0 Å². The van der Waals surface area contributed by atoms with E-state index in [1.165, 1.54) is 5.56 Å². The van der Waals surface area contributed by atoms with Crippen LogP contribution < -0.4 is 0 Å². The molecule has 0 spiro atoms. The summed E-state index contributed by atoms with van der Waals surface area (Å²) in [6, 6.07) is 11.3. The molecule has 1 unspecified atom stereocenters. The molecule has 2 aromatic rings. The first kappa shape index (κ1) is 14.2. The average Bonchev–Trinajstić information content (AvgIpc) is 2.39. The second kappa shape index (κ2) is 6.27. The maximum Gasteiger partial charge on any atom is 0.131 e. The van der Waals surface area contributed by atoms with Gasteiger partial charge in [0.25, 0.3) is 0 Å². The summed E-state index contributed by atoms with van der Waals surface area (Å²) < 4.78 is 19.2. The highest BCUT2D eigenvalue weighted by atomic mass is 31.0. The Morgan fingerprint density at radius 2 is 1.89 bits per heavy atom. The molecular weight excluding hydrogens is 258 g/mol. The number of benzene rings is 2. The van der Waals surface area contributed by atoms with Gasteiger partial charge >= 0.3 is 0 Å². The highest BCUT2D eigenvalue weighted by Crippen LogP contribution is 2.27. The van der Waals surface area contributed by atoms with Crippen LogP contribution in [0, 0.1) is 12.7 Å². The summed E-state index contributed by atoms with van der Waals surface area (Å²) >= 11 is 0. The van der Waals surface area contributed by atoms with Crippen LogP contribution in [-0.2, 0) is 17.5 Å². The highest BCUT2D eigenvalue weighted by molar-refractivity contribution is 7.15. The minimum absolute atomic E-state index is 0.179. The van der Waals surface area contributed by atoms with E-state index in [0.29, 0.717) is 12.2 Å². The van der Waals surface area contributed by atoms with Crippen LogP contribution in [0.5, 0.6) is 0 Å². The van der Waals surface area contributed by atoms with E-state index in [-0.39, 0.29) is 5.82 Å². The van der Waals surface area contributed by atoms with E-state index in [2.05, 4.69) is 9.24 Å². The summed E-state index contributed by atoms with van der Waals surface area (Å²) in [4.78, 5) is 0. The van der Waals surface area contributed by atoms with E-state index in [4.69, 9.17) is 4.74 Å². The van der Waals surface area contributed by atoms with Crippen LogP contribution in [0.3, 0.4) is 0 Å². The lowest BCUT2D eigenvalue weighted by atomic mass is 9.99. The van der Waals surface area contributed by atoms with Crippen molar-refractivity contribution in [1.82, 2.24) is 0 Å². The molecule has 2 rings (SSSR count). The van der Waals surface area contributed by atoms with Crippen molar-refractivity contribution < 1.29 is 9.13 Å². The lowest BCUT2D eigenvalue weighted by Crippen LogP contribution is -1.95. The fraction of sp³-hybridized carbons (Fsp3) is 0.250. The number of ether oxygens (including phenoxy) is 1. The van der Waals surface area contributed by atoms with Gasteiger partial charge in [-0.05, 0) is 47.5 Å². The van der Waals surface area contributed by atoms with Gasteiger partial charge in [0.1, 0.15) is 5.82 Å². The molecule has 3 heteroatoms. The predicted molar refractivity (Wildman–Crippen MR) is 80.7 cm³/mol. The zero-order valence-electron chi connectivity index (χ0n) is 11.2. The van der Waals surface area contributed by atoms with Crippen molar-refractivity contribution in [2.45, 2.75) is 19.7 Å². The van der Waals surface area contributed by atoms with Crippen LogP contribution in [0.2, 0.25) is 0 Å². The molecule has 0 bridgehead atoms. The quantitative estimate of drug-likeness (QED) is 0.755. The molecule has 0 aliphatic heterocycles. The number of methoxy groups -OCH3 is 1. The summed E-state index contributed by atoms with van der Waals surface area (Å²) in [5, 5.41) is 0. The fourth-order valence-corrected chi connectivity index (χ4v) is 2.53. The SMILES string of the molecule is COCc1cc(-c2ccc(C)cc2F)ccc1CP. The normalized spacial score (nSPS) is 10.7. The van der Waals surface area contributed by atoms with Crippen LogP contribution in [0.25, 0.3) is 11.1 Å². The van der Waals surface area contributed by atoms with Gasteiger partial charge in [-0.3, -0.25) is 0 Å². The Morgan fingerprint density at radius 3 is 2.53 bits per heavy atom. The van der Waals surface area contributed by atoms with Crippen molar-refractivity contribution in [3.05, 3.63) is 58.9 Å². The topological polar surface area (TPSA) is 9.23 Å².